The molecule has 1 aliphatic carbocycles. The molecule has 0 spiro atoms. The van der Waals surface area contributed by atoms with Gasteiger partial charge in [-0.05, 0) is 42.6 Å². The van der Waals surface area contributed by atoms with Crippen LogP contribution in [0.25, 0.3) is 0 Å². The highest BCUT2D eigenvalue weighted by molar-refractivity contribution is 7.29. The Labute approximate surface area is 57.4 Å². The van der Waals surface area contributed by atoms with Gasteiger partial charge in [0.25, 0.3) is 0 Å². The molecule has 1 aliphatic rings. The van der Waals surface area contributed by atoms with Crippen LogP contribution in [0.4, 0.5) is 0 Å². The molecule has 0 aromatic carbocycles. The van der Waals surface area contributed by atoms with Gasteiger partial charge in [0.15, 0.2) is 0 Å². The van der Waals surface area contributed by atoms with E-state index in [4.69, 9.17) is 0 Å². The van der Waals surface area contributed by atoms with Gasteiger partial charge in [-0.2, -0.15) is 0 Å². The van der Waals surface area contributed by atoms with Crippen molar-refractivity contribution in [3.63, 3.8) is 0 Å². The first-order valence-corrected chi connectivity index (χ1v) is 4.53. The second kappa shape index (κ2) is 2.19. The quantitative estimate of drug-likeness (QED) is 0.515. The molecule has 0 N–H and O–H groups in total. The second-order valence-electron chi connectivity index (χ2n) is 2.62. The van der Waals surface area contributed by atoms with Crippen LogP contribution in [-0.4, -0.2) is 0 Å². The molecule has 0 nitrogen and oxygen atoms in total. The van der Waals surface area contributed by atoms with E-state index in [1.165, 1.54) is 25.7 Å². The molecule has 0 fully saturated rings. The zero-order chi connectivity index (χ0) is 6.10. The molecule has 0 saturated heterocycles. The van der Waals surface area contributed by atoms with E-state index in [2.05, 4.69) is 11.9 Å². The van der Waals surface area contributed by atoms with Crippen LogP contribution in [0.3, 0.4) is 0 Å². The van der Waals surface area contributed by atoms with E-state index in [9.17, 15) is 0 Å². The van der Waals surface area contributed by atoms with Gasteiger partial charge in [0.1, 0.15) is 0 Å². The number of fused-ring (bicyclic) bond motifs is 1. The zero-order valence-corrected chi connectivity index (χ0v) is 6.41. The summed E-state index contributed by atoms with van der Waals surface area (Å²) in [5, 5.41) is 1.70. The van der Waals surface area contributed by atoms with Gasteiger partial charge in [0, 0.05) is 5.80 Å². The van der Waals surface area contributed by atoms with Gasteiger partial charge in [0.05, 0.1) is 0 Å². The summed E-state index contributed by atoms with van der Waals surface area (Å²) in [5.41, 5.74) is 1.61. The molecule has 47 valence electrons. The molecule has 1 heterocycles. The molecule has 1 radical (unpaired) electrons. The lowest BCUT2D eigenvalue weighted by molar-refractivity contribution is 0.697. The van der Waals surface area contributed by atoms with Crippen molar-refractivity contribution in [1.82, 2.24) is 0 Å². The van der Waals surface area contributed by atoms with Crippen molar-refractivity contribution >= 4 is 8.19 Å². The first-order chi connectivity index (χ1) is 4.47. The molecule has 2 rings (SSSR count). The predicted molar refractivity (Wildman–Crippen MR) is 41.4 cm³/mol. The smallest absolute Gasteiger partial charge is 0.00245 e. The fourth-order valence-electron chi connectivity index (χ4n) is 1.44. The van der Waals surface area contributed by atoms with E-state index >= 15 is 0 Å². The Balaban J connectivity index is 2.39. The third-order valence-electron chi connectivity index (χ3n) is 1.98. The Bertz CT molecular complexity index is 180. The van der Waals surface area contributed by atoms with E-state index in [-0.39, 0.29) is 0 Å². The van der Waals surface area contributed by atoms with Crippen LogP contribution >= 0.6 is 8.19 Å². The highest BCUT2D eigenvalue weighted by atomic mass is 31.0. The van der Waals surface area contributed by atoms with Crippen molar-refractivity contribution in [1.29, 1.82) is 0 Å². The van der Waals surface area contributed by atoms with Crippen LogP contribution in [0.5, 0.6) is 0 Å². The lowest BCUT2D eigenvalue weighted by Crippen LogP contribution is -1.96. The summed E-state index contributed by atoms with van der Waals surface area (Å²) in [7, 11) is 0.912. The standard InChI is InChI=1S/C8H10P/c1-2-4-8-7(3-1)5-6-9-8/h5,9H,1-4H2. The van der Waals surface area contributed by atoms with Crippen LogP contribution in [0.15, 0.2) is 6.07 Å². The predicted octanol–water partition coefficient (Wildman–Crippen LogP) is 2.40. The maximum absolute atomic E-state index is 3.29. The van der Waals surface area contributed by atoms with Crippen LogP contribution in [0.1, 0.15) is 23.7 Å². The minimum Gasteiger partial charge on any atom is -0.128 e. The summed E-state index contributed by atoms with van der Waals surface area (Å²) in [6.07, 6.45) is 5.51. The minimum atomic E-state index is 0.912. The lowest BCUT2D eigenvalue weighted by atomic mass is 10.00. The van der Waals surface area contributed by atoms with Crippen molar-refractivity contribution in [2.24, 2.45) is 0 Å². The van der Waals surface area contributed by atoms with Gasteiger partial charge in [-0.3, -0.25) is 0 Å². The van der Waals surface area contributed by atoms with Gasteiger partial charge < -0.3 is 0 Å². The maximum atomic E-state index is 3.29. The van der Waals surface area contributed by atoms with Crippen LogP contribution in [-0.2, 0) is 12.8 Å². The number of rotatable bonds is 0. The average molecular weight is 137 g/mol. The van der Waals surface area contributed by atoms with E-state index in [0.717, 1.165) is 8.19 Å². The summed E-state index contributed by atoms with van der Waals surface area (Å²) in [6.45, 7) is 0. The van der Waals surface area contributed by atoms with Gasteiger partial charge in [-0.25, -0.2) is 0 Å². The largest absolute Gasteiger partial charge is 0.128 e. The summed E-state index contributed by atoms with van der Waals surface area (Å²) in [6, 6.07) is 2.20. The Morgan fingerprint density at radius 1 is 1.33 bits per heavy atom. The fraction of sp³-hybridized carbons (Fsp3) is 0.500. The van der Waals surface area contributed by atoms with Gasteiger partial charge in [-0.1, -0.05) is 0 Å². The molecule has 0 bridgehead atoms. The maximum Gasteiger partial charge on any atom is 0.00245 e. The molecule has 1 aromatic rings. The van der Waals surface area contributed by atoms with Crippen molar-refractivity contribution in [2.75, 3.05) is 0 Å². The first kappa shape index (κ1) is 5.56. The Morgan fingerprint density at radius 2 is 2.22 bits per heavy atom. The van der Waals surface area contributed by atoms with Crippen LogP contribution < -0.4 is 0 Å². The monoisotopic (exact) mass is 137 g/mol. The molecule has 1 unspecified atom stereocenters. The summed E-state index contributed by atoms with van der Waals surface area (Å²) in [5.74, 6) is 3.29. The number of hydrogen-bond acceptors (Lipinski definition) is 0. The summed E-state index contributed by atoms with van der Waals surface area (Å²) in [4.78, 5) is 0. The van der Waals surface area contributed by atoms with Crippen molar-refractivity contribution in [3.8, 4) is 0 Å². The Kier molecular flexibility index (Phi) is 1.35. The van der Waals surface area contributed by atoms with Crippen molar-refractivity contribution in [2.45, 2.75) is 25.7 Å². The highest BCUT2D eigenvalue weighted by Gasteiger charge is 2.07. The molecule has 9 heavy (non-hydrogen) atoms. The molecule has 0 aliphatic heterocycles. The Morgan fingerprint density at radius 3 is 3.11 bits per heavy atom. The van der Waals surface area contributed by atoms with Crippen molar-refractivity contribution < 1.29 is 0 Å². The minimum absolute atomic E-state index is 0.912. The summed E-state index contributed by atoms with van der Waals surface area (Å²) < 4.78 is 0. The topological polar surface area (TPSA) is 0 Å². The second-order valence-corrected chi connectivity index (χ2v) is 3.77. The molecule has 0 saturated carbocycles. The highest BCUT2D eigenvalue weighted by Crippen LogP contribution is 2.28. The molecule has 0 amide bonds. The number of aryl methyl sites for hydroxylation is 2. The van der Waals surface area contributed by atoms with E-state index in [1.807, 2.05) is 0 Å². The van der Waals surface area contributed by atoms with Crippen LogP contribution in [0.2, 0.25) is 0 Å². The van der Waals surface area contributed by atoms with Gasteiger partial charge in [0.2, 0.25) is 0 Å². The van der Waals surface area contributed by atoms with E-state index in [1.54, 1.807) is 10.9 Å². The third-order valence-corrected chi connectivity index (χ3v) is 3.14. The van der Waals surface area contributed by atoms with Crippen molar-refractivity contribution in [3.05, 3.63) is 22.7 Å². The van der Waals surface area contributed by atoms with Crippen LogP contribution in [0, 0.1) is 5.80 Å². The number of hydrogen-bond donors (Lipinski definition) is 0. The van der Waals surface area contributed by atoms with E-state index in [0.29, 0.717) is 0 Å². The normalized spacial score (nSPS) is 18.2. The van der Waals surface area contributed by atoms with Gasteiger partial charge in [-0.15, -0.1) is 8.19 Å². The molecular formula is C8H10P. The molecule has 1 aromatic heterocycles. The molecule has 1 heteroatoms. The SMILES string of the molecule is [c]1cc2c([pH]1)CCCC2. The first-order valence-electron chi connectivity index (χ1n) is 3.53. The summed E-state index contributed by atoms with van der Waals surface area (Å²) >= 11 is 0. The zero-order valence-electron chi connectivity index (χ0n) is 5.41. The molecule has 1 atom stereocenters. The fourth-order valence-corrected chi connectivity index (χ4v) is 2.52. The van der Waals surface area contributed by atoms with Gasteiger partial charge >= 0.3 is 0 Å². The average Bonchev–Trinajstić information content (AvgIpc) is 2.33. The third kappa shape index (κ3) is 0.923. The lowest BCUT2D eigenvalue weighted by Gasteiger charge is -2.09. The van der Waals surface area contributed by atoms with E-state index < -0.39 is 0 Å². The molecular weight excluding hydrogens is 127 g/mol. The Hall–Kier alpha value is -0.220.